The molecule has 3 rings (SSSR count). The summed E-state index contributed by atoms with van der Waals surface area (Å²) in [6.07, 6.45) is 1.32. The van der Waals surface area contributed by atoms with Gasteiger partial charge in [0, 0.05) is 17.0 Å². The van der Waals surface area contributed by atoms with E-state index < -0.39 is 0 Å². The molecule has 4 N–H and O–H groups in total. The van der Waals surface area contributed by atoms with Gasteiger partial charge in [-0.05, 0) is 24.3 Å². The van der Waals surface area contributed by atoms with Crippen LogP contribution < -0.4 is 5.43 Å². The average molecular weight is 295 g/mol. The van der Waals surface area contributed by atoms with Crippen LogP contribution in [0.25, 0.3) is 10.9 Å². The van der Waals surface area contributed by atoms with Crippen molar-refractivity contribution in [2.45, 2.75) is 0 Å². The SMILES string of the molecule is Oc1cc(O)c(/C=N/Nc2ccc3ccccc3n2)cc1O. The molecule has 0 aliphatic heterocycles. The van der Waals surface area contributed by atoms with Gasteiger partial charge in [-0.15, -0.1) is 0 Å². The molecule has 0 unspecified atom stereocenters. The Hall–Kier alpha value is -3.28. The zero-order valence-electron chi connectivity index (χ0n) is 11.4. The fraction of sp³-hybridized carbons (Fsp3) is 0. The van der Waals surface area contributed by atoms with Gasteiger partial charge in [-0.1, -0.05) is 18.2 Å². The minimum atomic E-state index is -0.390. The van der Waals surface area contributed by atoms with Gasteiger partial charge in [0.25, 0.3) is 0 Å². The minimum absolute atomic E-state index is 0.188. The zero-order chi connectivity index (χ0) is 15.5. The van der Waals surface area contributed by atoms with Crippen LogP contribution in [-0.4, -0.2) is 26.5 Å². The first-order valence-corrected chi connectivity index (χ1v) is 6.53. The Kier molecular flexibility index (Phi) is 3.49. The molecule has 1 heterocycles. The molecule has 0 radical (unpaired) electrons. The van der Waals surface area contributed by atoms with Crippen molar-refractivity contribution < 1.29 is 15.3 Å². The van der Waals surface area contributed by atoms with Crippen molar-refractivity contribution in [3.8, 4) is 17.2 Å². The second kappa shape index (κ2) is 5.61. The Bertz CT molecular complexity index is 862. The van der Waals surface area contributed by atoms with Gasteiger partial charge in [-0.2, -0.15) is 5.10 Å². The van der Waals surface area contributed by atoms with Gasteiger partial charge < -0.3 is 15.3 Å². The fourth-order valence-electron chi connectivity index (χ4n) is 1.98. The number of hydrogen-bond acceptors (Lipinski definition) is 6. The van der Waals surface area contributed by atoms with Gasteiger partial charge in [-0.25, -0.2) is 4.98 Å². The van der Waals surface area contributed by atoms with Crippen LogP contribution in [0.5, 0.6) is 17.2 Å². The molecule has 0 amide bonds. The van der Waals surface area contributed by atoms with Crippen molar-refractivity contribution in [1.82, 2.24) is 4.98 Å². The Morgan fingerprint density at radius 2 is 1.68 bits per heavy atom. The molecule has 0 saturated heterocycles. The van der Waals surface area contributed by atoms with Crippen LogP contribution in [-0.2, 0) is 0 Å². The largest absolute Gasteiger partial charge is 0.507 e. The molecule has 1 aromatic heterocycles. The van der Waals surface area contributed by atoms with E-state index >= 15 is 0 Å². The van der Waals surface area contributed by atoms with Crippen molar-refractivity contribution in [3.63, 3.8) is 0 Å². The maximum Gasteiger partial charge on any atom is 0.161 e. The summed E-state index contributed by atoms with van der Waals surface area (Å²) in [7, 11) is 0. The molecule has 0 spiro atoms. The summed E-state index contributed by atoms with van der Waals surface area (Å²) in [4.78, 5) is 4.38. The van der Waals surface area contributed by atoms with Crippen LogP contribution in [0.3, 0.4) is 0 Å². The van der Waals surface area contributed by atoms with E-state index in [1.54, 1.807) is 6.07 Å². The predicted molar refractivity (Wildman–Crippen MR) is 84.4 cm³/mol. The van der Waals surface area contributed by atoms with Crippen molar-refractivity contribution in [2.24, 2.45) is 5.10 Å². The van der Waals surface area contributed by atoms with Gasteiger partial charge in [0.15, 0.2) is 11.5 Å². The summed E-state index contributed by atoms with van der Waals surface area (Å²) in [6.45, 7) is 0. The first kappa shape index (κ1) is 13.7. The van der Waals surface area contributed by atoms with Crippen LogP contribution in [0, 0.1) is 0 Å². The minimum Gasteiger partial charge on any atom is -0.507 e. The van der Waals surface area contributed by atoms with E-state index in [1.165, 1.54) is 12.3 Å². The Balaban J connectivity index is 1.80. The number of fused-ring (bicyclic) bond motifs is 1. The van der Waals surface area contributed by atoms with E-state index in [9.17, 15) is 15.3 Å². The normalized spacial score (nSPS) is 11.1. The molecule has 0 saturated carbocycles. The van der Waals surface area contributed by atoms with E-state index in [1.807, 2.05) is 30.3 Å². The van der Waals surface area contributed by atoms with E-state index in [4.69, 9.17) is 0 Å². The van der Waals surface area contributed by atoms with Crippen LogP contribution in [0.4, 0.5) is 5.82 Å². The fourth-order valence-corrected chi connectivity index (χ4v) is 1.98. The lowest BCUT2D eigenvalue weighted by atomic mass is 10.2. The quantitative estimate of drug-likeness (QED) is 0.258. The number of aromatic hydroxyl groups is 3. The first-order chi connectivity index (χ1) is 10.6. The van der Waals surface area contributed by atoms with Crippen molar-refractivity contribution in [1.29, 1.82) is 0 Å². The van der Waals surface area contributed by atoms with Gasteiger partial charge in [0.2, 0.25) is 0 Å². The topological polar surface area (TPSA) is 98.0 Å². The number of aromatic nitrogens is 1. The Labute approximate surface area is 126 Å². The van der Waals surface area contributed by atoms with Crippen molar-refractivity contribution >= 4 is 22.9 Å². The molecular weight excluding hydrogens is 282 g/mol. The molecule has 0 atom stereocenters. The number of benzene rings is 2. The number of para-hydroxylation sites is 1. The second-order valence-electron chi connectivity index (χ2n) is 4.66. The standard InChI is InChI=1S/C16H13N3O3/c20-13-8-15(22)14(21)7-11(13)9-17-19-16-6-5-10-3-1-2-4-12(10)18-16/h1-9,20-22H,(H,18,19)/b17-9+. The lowest BCUT2D eigenvalue weighted by Gasteiger charge is -2.03. The number of hydrazone groups is 1. The molecular formula is C16H13N3O3. The number of phenols is 3. The van der Waals surface area contributed by atoms with Crippen molar-refractivity contribution in [2.75, 3.05) is 5.43 Å². The molecule has 2 aromatic carbocycles. The summed E-state index contributed by atoms with van der Waals surface area (Å²) in [5.74, 6) is -0.355. The van der Waals surface area contributed by atoms with E-state index in [2.05, 4.69) is 15.5 Å². The number of nitrogens with one attached hydrogen (secondary N) is 1. The summed E-state index contributed by atoms with van der Waals surface area (Å²) < 4.78 is 0. The van der Waals surface area contributed by atoms with Crippen molar-refractivity contribution in [3.05, 3.63) is 54.1 Å². The molecule has 110 valence electrons. The monoisotopic (exact) mass is 295 g/mol. The van der Waals surface area contributed by atoms with Crippen LogP contribution in [0.1, 0.15) is 5.56 Å². The highest BCUT2D eigenvalue weighted by Crippen LogP contribution is 2.31. The third-order valence-corrected chi connectivity index (χ3v) is 3.11. The van der Waals surface area contributed by atoms with Gasteiger partial charge in [0.05, 0.1) is 11.7 Å². The van der Waals surface area contributed by atoms with Gasteiger partial charge in [-0.3, -0.25) is 5.43 Å². The molecule has 0 aliphatic rings. The highest BCUT2D eigenvalue weighted by Gasteiger charge is 2.05. The van der Waals surface area contributed by atoms with Gasteiger partial charge in [0.1, 0.15) is 11.6 Å². The number of nitrogens with zero attached hydrogens (tertiary/aromatic N) is 2. The van der Waals surface area contributed by atoms with E-state index in [-0.39, 0.29) is 22.8 Å². The number of anilines is 1. The maximum absolute atomic E-state index is 9.65. The lowest BCUT2D eigenvalue weighted by molar-refractivity contribution is 0.396. The van der Waals surface area contributed by atoms with Gasteiger partial charge >= 0.3 is 0 Å². The molecule has 0 fully saturated rings. The third kappa shape index (κ3) is 2.76. The lowest BCUT2D eigenvalue weighted by Crippen LogP contribution is -1.94. The number of rotatable bonds is 3. The third-order valence-electron chi connectivity index (χ3n) is 3.11. The average Bonchev–Trinajstić information content (AvgIpc) is 2.52. The smallest absolute Gasteiger partial charge is 0.161 e. The predicted octanol–water partition coefficient (Wildman–Crippen LogP) is 2.80. The Morgan fingerprint density at radius 1 is 0.909 bits per heavy atom. The first-order valence-electron chi connectivity index (χ1n) is 6.53. The number of pyridine rings is 1. The van der Waals surface area contributed by atoms with E-state index in [0.717, 1.165) is 17.0 Å². The maximum atomic E-state index is 9.65. The summed E-state index contributed by atoms with van der Waals surface area (Å²) in [6, 6.07) is 13.7. The molecule has 6 nitrogen and oxygen atoms in total. The second-order valence-corrected chi connectivity index (χ2v) is 4.66. The summed E-state index contributed by atoms with van der Waals surface area (Å²) in [5, 5.41) is 33.3. The molecule has 0 aliphatic carbocycles. The highest BCUT2D eigenvalue weighted by molar-refractivity contribution is 5.85. The van der Waals surface area contributed by atoms with Crippen LogP contribution in [0.2, 0.25) is 0 Å². The van der Waals surface area contributed by atoms with Crippen LogP contribution >= 0.6 is 0 Å². The van der Waals surface area contributed by atoms with E-state index in [0.29, 0.717) is 5.82 Å². The van der Waals surface area contributed by atoms with Crippen LogP contribution in [0.15, 0.2) is 53.6 Å². The molecule has 22 heavy (non-hydrogen) atoms. The highest BCUT2D eigenvalue weighted by atomic mass is 16.3. The molecule has 6 heteroatoms. The number of phenolic OH excluding ortho intramolecular Hbond substituents is 3. The molecule has 3 aromatic rings. The zero-order valence-corrected chi connectivity index (χ0v) is 11.4. The summed E-state index contributed by atoms with van der Waals surface area (Å²) >= 11 is 0. The molecule has 0 bridgehead atoms. The number of hydrogen-bond donors (Lipinski definition) is 4. The Morgan fingerprint density at radius 3 is 2.55 bits per heavy atom. The summed E-state index contributed by atoms with van der Waals surface area (Å²) in [5.41, 5.74) is 3.86.